The molecule has 8 heteroatoms. The minimum absolute atomic E-state index is 0.0837. The third kappa shape index (κ3) is 5.01. The monoisotopic (exact) mass is 481 g/mol. The largest absolute Gasteiger partial charge is 0.493 e. The van der Waals surface area contributed by atoms with E-state index in [9.17, 15) is 4.79 Å². The average molecular weight is 482 g/mol. The molecule has 1 heterocycles. The smallest absolute Gasteiger partial charge is 0.227 e. The summed E-state index contributed by atoms with van der Waals surface area (Å²) >= 11 is 0. The van der Waals surface area contributed by atoms with E-state index >= 15 is 0 Å². The van der Waals surface area contributed by atoms with Gasteiger partial charge in [-0.3, -0.25) is 10.2 Å². The number of nitrogens with one attached hydrogen (secondary N) is 1. The van der Waals surface area contributed by atoms with Gasteiger partial charge >= 0.3 is 0 Å². The maximum absolute atomic E-state index is 12.9. The van der Waals surface area contributed by atoms with Crippen LogP contribution >= 0.6 is 0 Å². The van der Waals surface area contributed by atoms with Gasteiger partial charge in [0.1, 0.15) is 0 Å². The van der Waals surface area contributed by atoms with E-state index in [2.05, 4.69) is 6.07 Å². The van der Waals surface area contributed by atoms with E-state index in [1.54, 1.807) is 28.4 Å². The molecule has 1 aliphatic heterocycles. The molecule has 0 radical (unpaired) electrons. The van der Waals surface area contributed by atoms with Crippen molar-refractivity contribution in [3.8, 4) is 23.0 Å². The van der Waals surface area contributed by atoms with Gasteiger partial charge in [-0.05, 0) is 59.4 Å². The molecule has 1 aliphatic carbocycles. The molecule has 188 valence electrons. The summed E-state index contributed by atoms with van der Waals surface area (Å²) in [5, 5.41) is 8.60. The fourth-order valence-corrected chi connectivity index (χ4v) is 5.03. The van der Waals surface area contributed by atoms with E-state index in [-0.39, 0.29) is 5.91 Å². The first-order valence-electron chi connectivity index (χ1n) is 11.9. The van der Waals surface area contributed by atoms with Crippen molar-refractivity contribution in [3.05, 3.63) is 46.5 Å². The second-order valence-electron chi connectivity index (χ2n) is 9.17. The Bertz CT molecular complexity index is 1120. The van der Waals surface area contributed by atoms with Gasteiger partial charge in [0.2, 0.25) is 5.91 Å². The molecular weight excluding hydrogens is 446 g/mol. The molecule has 1 unspecified atom stereocenters. The predicted molar refractivity (Wildman–Crippen MR) is 134 cm³/mol. The molecule has 0 bridgehead atoms. The van der Waals surface area contributed by atoms with E-state index in [1.165, 1.54) is 11.1 Å². The summed E-state index contributed by atoms with van der Waals surface area (Å²) in [4.78, 5) is 16.8. The average Bonchev–Trinajstić information content (AvgIpc) is 3.01. The van der Waals surface area contributed by atoms with Gasteiger partial charge in [-0.1, -0.05) is 0 Å². The number of methoxy groups -OCH3 is 4. The van der Waals surface area contributed by atoms with Gasteiger partial charge in [0.05, 0.1) is 40.7 Å². The molecule has 2 aromatic rings. The molecule has 1 amide bonds. The Balaban J connectivity index is 1.32. The van der Waals surface area contributed by atoms with Gasteiger partial charge in [-0.25, -0.2) is 0 Å². The zero-order valence-electron chi connectivity index (χ0n) is 21.3. The molecule has 1 N–H and O–H groups in total. The normalized spacial score (nSPS) is 16.4. The lowest BCUT2D eigenvalue weighted by Crippen LogP contribution is -2.38. The number of amidine groups is 1. The van der Waals surface area contributed by atoms with Crippen LogP contribution in [0.15, 0.2) is 24.3 Å². The number of hydrogen-bond acceptors (Lipinski definition) is 6. The second-order valence-corrected chi connectivity index (χ2v) is 9.17. The minimum atomic E-state index is 0.0837. The van der Waals surface area contributed by atoms with Crippen LogP contribution in [0, 0.1) is 5.41 Å². The summed E-state index contributed by atoms with van der Waals surface area (Å²) in [6.45, 7) is 1.94. The number of carbonyl (C=O) groups excluding carboxylic acids is 1. The van der Waals surface area contributed by atoms with Crippen LogP contribution < -0.4 is 18.9 Å². The number of ether oxygens (including phenoxy) is 4. The number of nitrogens with zero attached hydrogens (tertiary/aromatic N) is 2. The number of hydrogen-bond donors (Lipinski definition) is 1. The van der Waals surface area contributed by atoms with Crippen molar-refractivity contribution < 1.29 is 23.7 Å². The lowest BCUT2D eigenvalue weighted by atomic mass is 9.77. The van der Waals surface area contributed by atoms with Gasteiger partial charge in [-0.2, -0.15) is 0 Å². The number of fused-ring (bicyclic) bond motifs is 2. The highest BCUT2D eigenvalue weighted by atomic mass is 16.5. The first-order chi connectivity index (χ1) is 16.9. The van der Waals surface area contributed by atoms with E-state index in [4.69, 9.17) is 24.4 Å². The Morgan fingerprint density at radius 2 is 1.51 bits per heavy atom. The van der Waals surface area contributed by atoms with Crippen LogP contribution in [-0.4, -0.2) is 76.7 Å². The Labute approximate surface area is 207 Å². The van der Waals surface area contributed by atoms with Crippen molar-refractivity contribution in [1.82, 2.24) is 9.80 Å². The zero-order valence-corrected chi connectivity index (χ0v) is 21.3. The van der Waals surface area contributed by atoms with Crippen LogP contribution in [0.3, 0.4) is 0 Å². The molecule has 8 nitrogen and oxygen atoms in total. The van der Waals surface area contributed by atoms with Crippen LogP contribution in [0.25, 0.3) is 0 Å². The molecule has 0 spiro atoms. The molecule has 2 aromatic carbocycles. The number of likely N-dealkylation sites (N-methyl/N-ethyl adjacent to an activating group) is 1. The van der Waals surface area contributed by atoms with Gasteiger partial charge in [0, 0.05) is 39.0 Å². The molecule has 0 saturated heterocycles. The quantitative estimate of drug-likeness (QED) is 0.437. The standard InChI is InChI=1S/C27H35N3O5/c1-29(16-20-10-19-13-24(34-4)25(35-5)15-21(19)20)26(28)7-9-30-8-6-17-11-22(32-2)23(33-3)12-18(17)14-27(30)31/h11-13,15,20,28H,6-10,14,16H2,1-5H3. The topological polar surface area (TPSA) is 84.3 Å². The maximum Gasteiger partial charge on any atom is 0.227 e. The SMILES string of the molecule is COc1cc2c(cc1OC)CC(=O)N(CCC(=N)N(C)CC1Cc3cc(OC)c(OC)cc31)CC2. The summed E-state index contributed by atoms with van der Waals surface area (Å²) in [5.74, 6) is 3.80. The van der Waals surface area contributed by atoms with Crippen molar-refractivity contribution in [1.29, 1.82) is 5.41 Å². The van der Waals surface area contributed by atoms with E-state index < -0.39 is 0 Å². The van der Waals surface area contributed by atoms with Crippen molar-refractivity contribution >= 4 is 11.7 Å². The molecule has 2 aliphatic rings. The van der Waals surface area contributed by atoms with Gasteiger partial charge in [0.25, 0.3) is 0 Å². The summed E-state index contributed by atoms with van der Waals surface area (Å²) in [6.07, 6.45) is 2.58. The van der Waals surface area contributed by atoms with Crippen LogP contribution in [0.5, 0.6) is 23.0 Å². The Morgan fingerprint density at radius 3 is 2.14 bits per heavy atom. The number of benzene rings is 2. The molecule has 35 heavy (non-hydrogen) atoms. The van der Waals surface area contributed by atoms with E-state index in [0.717, 1.165) is 42.0 Å². The lowest BCUT2D eigenvalue weighted by molar-refractivity contribution is -0.130. The number of amides is 1. The van der Waals surface area contributed by atoms with Crippen molar-refractivity contribution in [3.63, 3.8) is 0 Å². The Morgan fingerprint density at radius 1 is 0.943 bits per heavy atom. The molecule has 0 saturated carbocycles. The fourth-order valence-electron chi connectivity index (χ4n) is 5.03. The fraction of sp³-hybridized carbons (Fsp3) is 0.481. The first kappa shape index (κ1) is 24.7. The van der Waals surface area contributed by atoms with Crippen molar-refractivity contribution in [2.24, 2.45) is 0 Å². The number of carbonyl (C=O) groups is 1. The highest BCUT2D eigenvalue weighted by Crippen LogP contribution is 2.42. The second kappa shape index (κ2) is 10.5. The van der Waals surface area contributed by atoms with Gasteiger partial charge in [-0.15, -0.1) is 0 Å². The maximum atomic E-state index is 12.9. The zero-order chi connectivity index (χ0) is 25.1. The lowest BCUT2D eigenvalue weighted by Gasteiger charge is -2.35. The predicted octanol–water partition coefficient (Wildman–Crippen LogP) is 3.29. The Hall–Kier alpha value is -3.42. The van der Waals surface area contributed by atoms with Crippen LogP contribution in [0.1, 0.15) is 34.6 Å². The summed E-state index contributed by atoms with van der Waals surface area (Å²) in [5.41, 5.74) is 4.63. The third-order valence-electron chi connectivity index (χ3n) is 7.18. The van der Waals surface area contributed by atoms with Gasteiger partial charge in [0.15, 0.2) is 23.0 Å². The molecule has 0 fully saturated rings. The third-order valence-corrected chi connectivity index (χ3v) is 7.18. The Kier molecular flexibility index (Phi) is 7.38. The van der Waals surface area contributed by atoms with Gasteiger partial charge < -0.3 is 28.7 Å². The first-order valence-corrected chi connectivity index (χ1v) is 11.9. The summed E-state index contributed by atoms with van der Waals surface area (Å²) in [6, 6.07) is 7.98. The van der Waals surface area contributed by atoms with Crippen LogP contribution in [0.2, 0.25) is 0 Å². The van der Waals surface area contributed by atoms with E-state index in [0.29, 0.717) is 49.2 Å². The summed E-state index contributed by atoms with van der Waals surface area (Å²) < 4.78 is 21.7. The molecular formula is C27H35N3O5. The van der Waals surface area contributed by atoms with E-state index in [1.807, 2.05) is 35.0 Å². The van der Waals surface area contributed by atoms with Crippen molar-refractivity contribution in [2.45, 2.75) is 31.6 Å². The number of rotatable bonds is 9. The minimum Gasteiger partial charge on any atom is -0.493 e. The summed E-state index contributed by atoms with van der Waals surface area (Å²) in [7, 11) is 8.48. The van der Waals surface area contributed by atoms with Crippen LogP contribution in [0.4, 0.5) is 0 Å². The van der Waals surface area contributed by atoms with Crippen LogP contribution in [-0.2, 0) is 24.1 Å². The molecule has 1 atom stereocenters. The highest BCUT2D eigenvalue weighted by molar-refractivity contribution is 5.82. The molecule has 0 aromatic heterocycles. The van der Waals surface area contributed by atoms with Crippen molar-refractivity contribution in [2.75, 3.05) is 55.1 Å². The highest BCUT2D eigenvalue weighted by Gasteiger charge is 2.30. The molecule has 4 rings (SSSR count).